The van der Waals surface area contributed by atoms with Gasteiger partial charge in [0.05, 0.1) is 10.7 Å². The van der Waals surface area contributed by atoms with Crippen molar-refractivity contribution in [2.45, 2.75) is 19.6 Å². The van der Waals surface area contributed by atoms with Gasteiger partial charge in [-0.15, -0.1) is 0 Å². The predicted octanol–water partition coefficient (Wildman–Crippen LogP) is 4.55. The second kappa shape index (κ2) is 7.68. The molecule has 0 fully saturated rings. The SMILES string of the molecule is CC(Oc1cccc(Cl)c1)C(=O)OCc1nc(Cl)ccc1Cl. The largest absolute Gasteiger partial charge is 0.479 e. The zero-order valence-electron chi connectivity index (χ0n) is 11.6. The van der Waals surface area contributed by atoms with Crippen LogP contribution in [0.1, 0.15) is 12.6 Å². The van der Waals surface area contributed by atoms with E-state index in [9.17, 15) is 4.79 Å². The summed E-state index contributed by atoms with van der Waals surface area (Å²) in [7, 11) is 0. The van der Waals surface area contributed by atoms with Crippen molar-refractivity contribution in [3.05, 3.63) is 57.3 Å². The summed E-state index contributed by atoms with van der Waals surface area (Å²) in [4.78, 5) is 15.9. The van der Waals surface area contributed by atoms with Crippen molar-refractivity contribution >= 4 is 40.8 Å². The van der Waals surface area contributed by atoms with Crippen molar-refractivity contribution in [1.29, 1.82) is 0 Å². The minimum Gasteiger partial charge on any atom is -0.479 e. The van der Waals surface area contributed by atoms with Crippen LogP contribution in [0.2, 0.25) is 15.2 Å². The fourth-order valence-corrected chi connectivity index (χ4v) is 2.11. The van der Waals surface area contributed by atoms with Crippen molar-refractivity contribution in [2.75, 3.05) is 0 Å². The molecule has 7 heteroatoms. The van der Waals surface area contributed by atoms with E-state index in [4.69, 9.17) is 44.3 Å². The molecular formula is C15H12Cl3NO3. The van der Waals surface area contributed by atoms with Gasteiger partial charge in [-0.3, -0.25) is 0 Å². The van der Waals surface area contributed by atoms with Crippen molar-refractivity contribution in [3.8, 4) is 5.75 Å². The molecule has 1 aromatic heterocycles. The molecule has 0 saturated carbocycles. The van der Waals surface area contributed by atoms with E-state index in [0.717, 1.165) is 0 Å². The summed E-state index contributed by atoms with van der Waals surface area (Å²) in [6.45, 7) is 1.50. The molecule has 0 aliphatic rings. The number of hydrogen-bond donors (Lipinski definition) is 0. The van der Waals surface area contributed by atoms with Gasteiger partial charge in [-0.2, -0.15) is 0 Å². The molecule has 2 aromatic rings. The van der Waals surface area contributed by atoms with Gasteiger partial charge in [0.15, 0.2) is 6.10 Å². The number of pyridine rings is 1. The number of benzene rings is 1. The van der Waals surface area contributed by atoms with Crippen LogP contribution < -0.4 is 4.74 Å². The summed E-state index contributed by atoms with van der Waals surface area (Å²) in [5.41, 5.74) is 0.387. The highest BCUT2D eigenvalue weighted by atomic mass is 35.5. The molecule has 1 atom stereocenters. The van der Waals surface area contributed by atoms with Crippen molar-refractivity contribution in [1.82, 2.24) is 4.98 Å². The third-order valence-corrected chi connectivity index (χ3v) is 3.47. The van der Waals surface area contributed by atoms with Gasteiger partial charge < -0.3 is 9.47 Å². The average Bonchev–Trinajstić information content (AvgIpc) is 2.47. The minimum atomic E-state index is -0.795. The molecular weight excluding hydrogens is 349 g/mol. The number of rotatable bonds is 5. The molecule has 22 heavy (non-hydrogen) atoms. The smallest absolute Gasteiger partial charge is 0.347 e. The predicted molar refractivity (Wildman–Crippen MR) is 85.6 cm³/mol. The summed E-state index contributed by atoms with van der Waals surface area (Å²) in [6.07, 6.45) is -0.795. The summed E-state index contributed by atoms with van der Waals surface area (Å²) in [6, 6.07) is 9.90. The third-order valence-electron chi connectivity index (χ3n) is 2.68. The van der Waals surface area contributed by atoms with E-state index in [1.165, 1.54) is 0 Å². The van der Waals surface area contributed by atoms with Gasteiger partial charge in [-0.25, -0.2) is 9.78 Å². The molecule has 1 unspecified atom stereocenters. The summed E-state index contributed by atoms with van der Waals surface area (Å²) < 4.78 is 10.6. The number of hydrogen-bond acceptors (Lipinski definition) is 4. The lowest BCUT2D eigenvalue weighted by atomic mass is 10.3. The van der Waals surface area contributed by atoms with E-state index in [2.05, 4.69) is 4.98 Å². The molecule has 0 saturated heterocycles. The zero-order valence-corrected chi connectivity index (χ0v) is 13.8. The molecule has 0 aliphatic heterocycles. The molecule has 0 spiro atoms. The Morgan fingerprint density at radius 2 is 2.00 bits per heavy atom. The van der Waals surface area contributed by atoms with Gasteiger partial charge >= 0.3 is 5.97 Å². The number of ether oxygens (including phenoxy) is 2. The Morgan fingerprint density at radius 3 is 2.73 bits per heavy atom. The Balaban J connectivity index is 1.92. The van der Waals surface area contributed by atoms with Crippen LogP contribution in [0.25, 0.3) is 0 Å². The molecule has 1 heterocycles. The van der Waals surface area contributed by atoms with Crippen molar-refractivity contribution < 1.29 is 14.3 Å². The first-order chi connectivity index (χ1) is 10.5. The van der Waals surface area contributed by atoms with Crippen LogP contribution in [0.4, 0.5) is 0 Å². The first-order valence-corrected chi connectivity index (χ1v) is 7.49. The molecule has 4 nitrogen and oxygen atoms in total. The minimum absolute atomic E-state index is 0.0819. The molecule has 0 bridgehead atoms. The van der Waals surface area contributed by atoms with Crippen molar-refractivity contribution in [2.24, 2.45) is 0 Å². The lowest BCUT2D eigenvalue weighted by Gasteiger charge is -2.14. The zero-order chi connectivity index (χ0) is 16.1. The summed E-state index contributed by atoms with van der Waals surface area (Å²) in [5, 5.41) is 1.17. The Bertz CT molecular complexity index is 679. The lowest BCUT2D eigenvalue weighted by Crippen LogP contribution is -2.26. The van der Waals surface area contributed by atoms with Crippen LogP contribution >= 0.6 is 34.8 Å². The Hall–Kier alpha value is -1.49. The second-order valence-corrected chi connectivity index (χ2v) is 5.62. The second-order valence-electron chi connectivity index (χ2n) is 4.39. The number of nitrogens with zero attached hydrogens (tertiary/aromatic N) is 1. The van der Waals surface area contributed by atoms with E-state index < -0.39 is 12.1 Å². The van der Waals surface area contributed by atoms with Gasteiger partial charge in [0.25, 0.3) is 0 Å². The van der Waals surface area contributed by atoms with Gasteiger partial charge in [0.1, 0.15) is 17.5 Å². The monoisotopic (exact) mass is 359 g/mol. The molecule has 116 valence electrons. The third kappa shape index (κ3) is 4.77. The van der Waals surface area contributed by atoms with Crippen molar-refractivity contribution in [3.63, 3.8) is 0 Å². The number of esters is 1. The fourth-order valence-electron chi connectivity index (χ4n) is 1.61. The maximum absolute atomic E-state index is 11.9. The Kier molecular flexibility index (Phi) is 5.89. The van der Waals surface area contributed by atoms with Gasteiger partial charge in [-0.05, 0) is 37.3 Å². The highest BCUT2D eigenvalue weighted by Gasteiger charge is 2.17. The molecule has 0 radical (unpaired) electrons. The van der Waals surface area contributed by atoms with Gasteiger partial charge in [0.2, 0.25) is 0 Å². The van der Waals surface area contributed by atoms with E-state index in [0.29, 0.717) is 21.5 Å². The number of halogens is 3. The summed E-state index contributed by atoms with van der Waals surface area (Å²) >= 11 is 17.6. The van der Waals surface area contributed by atoms with Crippen LogP contribution in [0.15, 0.2) is 36.4 Å². The molecule has 0 amide bonds. The Labute approximate surface area is 142 Å². The maximum Gasteiger partial charge on any atom is 0.347 e. The number of carbonyl (C=O) groups is 1. The molecule has 0 N–H and O–H groups in total. The van der Waals surface area contributed by atoms with E-state index in [1.807, 2.05) is 0 Å². The fraction of sp³-hybridized carbons (Fsp3) is 0.200. The topological polar surface area (TPSA) is 48.4 Å². The average molecular weight is 361 g/mol. The lowest BCUT2D eigenvalue weighted by molar-refractivity contribution is -0.152. The van der Waals surface area contributed by atoms with Gasteiger partial charge in [0, 0.05) is 5.02 Å². The molecule has 2 rings (SSSR count). The van der Waals surface area contributed by atoms with Crippen LogP contribution in [-0.2, 0) is 16.1 Å². The highest BCUT2D eigenvalue weighted by Crippen LogP contribution is 2.20. The summed E-state index contributed by atoms with van der Waals surface area (Å²) in [5.74, 6) is -0.0614. The quantitative estimate of drug-likeness (QED) is 0.579. The number of aromatic nitrogens is 1. The standard InChI is InChI=1S/C15H12Cl3NO3/c1-9(22-11-4-2-3-10(16)7-11)15(20)21-8-13-12(17)5-6-14(18)19-13/h2-7,9H,8H2,1H3. The van der Waals surface area contributed by atoms with E-state index >= 15 is 0 Å². The number of carbonyl (C=O) groups excluding carboxylic acids is 1. The van der Waals surface area contributed by atoms with Crippen LogP contribution in [0.5, 0.6) is 5.75 Å². The van der Waals surface area contributed by atoms with Crippen LogP contribution in [-0.4, -0.2) is 17.1 Å². The normalized spacial score (nSPS) is 11.8. The van der Waals surface area contributed by atoms with E-state index in [-0.39, 0.29) is 11.8 Å². The maximum atomic E-state index is 11.9. The Morgan fingerprint density at radius 1 is 1.23 bits per heavy atom. The van der Waals surface area contributed by atoms with Crippen LogP contribution in [0, 0.1) is 0 Å². The molecule has 0 aliphatic carbocycles. The van der Waals surface area contributed by atoms with Gasteiger partial charge in [-0.1, -0.05) is 40.9 Å². The first kappa shape index (κ1) is 16.9. The highest BCUT2D eigenvalue weighted by molar-refractivity contribution is 6.32. The van der Waals surface area contributed by atoms with Crippen LogP contribution in [0.3, 0.4) is 0 Å². The molecule has 1 aromatic carbocycles. The van der Waals surface area contributed by atoms with E-state index in [1.54, 1.807) is 43.3 Å². The first-order valence-electron chi connectivity index (χ1n) is 6.35.